The second-order valence-electron chi connectivity index (χ2n) is 5.46. The SMILES string of the molecule is CCCCNc1nnc(COc2ccc(-c3ccccc3)cc2)o1. The lowest BCUT2D eigenvalue weighted by molar-refractivity contribution is 0.264. The Bertz CT molecular complexity index is 739. The first-order valence-electron chi connectivity index (χ1n) is 8.19. The minimum Gasteiger partial charge on any atom is -0.484 e. The molecule has 0 spiro atoms. The quantitative estimate of drug-likeness (QED) is 0.617. The van der Waals surface area contributed by atoms with Gasteiger partial charge in [-0.1, -0.05) is 60.9 Å². The van der Waals surface area contributed by atoms with Crippen molar-refractivity contribution in [2.45, 2.75) is 26.4 Å². The summed E-state index contributed by atoms with van der Waals surface area (Å²) in [6.07, 6.45) is 2.19. The monoisotopic (exact) mass is 323 g/mol. The largest absolute Gasteiger partial charge is 0.484 e. The number of benzene rings is 2. The van der Waals surface area contributed by atoms with Gasteiger partial charge in [0.15, 0.2) is 6.61 Å². The summed E-state index contributed by atoms with van der Waals surface area (Å²) in [5, 5.41) is 11.0. The molecule has 3 rings (SSSR count). The molecule has 3 aromatic rings. The molecule has 5 nitrogen and oxygen atoms in total. The van der Waals surface area contributed by atoms with Gasteiger partial charge in [-0.2, -0.15) is 0 Å². The second-order valence-corrected chi connectivity index (χ2v) is 5.46. The van der Waals surface area contributed by atoms with Crippen LogP contribution in [-0.4, -0.2) is 16.7 Å². The molecule has 1 aromatic heterocycles. The van der Waals surface area contributed by atoms with Crippen LogP contribution in [0.15, 0.2) is 59.0 Å². The summed E-state index contributed by atoms with van der Waals surface area (Å²) in [6, 6.07) is 18.6. The van der Waals surface area contributed by atoms with Gasteiger partial charge in [0.1, 0.15) is 5.75 Å². The first-order valence-corrected chi connectivity index (χ1v) is 8.19. The fourth-order valence-electron chi connectivity index (χ4n) is 2.27. The van der Waals surface area contributed by atoms with Crippen LogP contribution < -0.4 is 10.1 Å². The number of hydrogen-bond donors (Lipinski definition) is 1. The molecule has 0 unspecified atom stereocenters. The summed E-state index contributed by atoms with van der Waals surface area (Å²) in [5.41, 5.74) is 2.34. The number of hydrogen-bond acceptors (Lipinski definition) is 5. The Hall–Kier alpha value is -2.82. The van der Waals surface area contributed by atoms with E-state index in [1.807, 2.05) is 42.5 Å². The highest BCUT2D eigenvalue weighted by Gasteiger charge is 2.06. The molecule has 0 saturated carbocycles. The number of anilines is 1. The van der Waals surface area contributed by atoms with Gasteiger partial charge in [0, 0.05) is 6.54 Å². The second kappa shape index (κ2) is 8.15. The topological polar surface area (TPSA) is 60.2 Å². The van der Waals surface area contributed by atoms with Crippen LogP contribution in [0.2, 0.25) is 0 Å². The fourth-order valence-corrected chi connectivity index (χ4v) is 2.27. The van der Waals surface area contributed by atoms with Crippen LogP contribution in [0.1, 0.15) is 25.7 Å². The lowest BCUT2D eigenvalue weighted by atomic mass is 10.1. The molecule has 0 aliphatic heterocycles. The van der Waals surface area contributed by atoms with E-state index >= 15 is 0 Å². The van der Waals surface area contributed by atoms with E-state index in [9.17, 15) is 0 Å². The Kier molecular flexibility index (Phi) is 5.45. The fraction of sp³-hybridized carbons (Fsp3) is 0.263. The first-order chi connectivity index (χ1) is 11.8. The standard InChI is InChI=1S/C19H21N3O2/c1-2-3-13-20-19-22-21-18(24-19)14-23-17-11-9-16(10-12-17)15-7-5-4-6-8-15/h4-12H,2-3,13-14H2,1H3,(H,20,22). The minimum atomic E-state index is 0.257. The molecule has 1 heterocycles. The zero-order chi connectivity index (χ0) is 16.6. The summed E-state index contributed by atoms with van der Waals surface area (Å²) < 4.78 is 11.2. The maximum atomic E-state index is 5.70. The van der Waals surface area contributed by atoms with Gasteiger partial charge >= 0.3 is 6.01 Å². The van der Waals surface area contributed by atoms with Gasteiger partial charge in [-0.05, 0) is 29.7 Å². The molecular weight excluding hydrogens is 302 g/mol. The summed E-state index contributed by atoms with van der Waals surface area (Å²) in [5.74, 6) is 1.23. The molecule has 0 aliphatic rings. The zero-order valence-corrected chi connectivity index (χ0v) is 13.7. The van der Waals surface area contributed by atoms with Crippen molar-refractivity contribution in [3.8, 4) is 16.9 Å². The summed E-state index contributed by atoms with van der Waals surface area (Å²) >= 11 is 0. The van der Waals surface area contributed by atoms with Gasteiger partial charge in [-0.15, -0.1) is 5.10 Å². The van der Waals surface area contributed by atoms with E-state index in [-0.39, 0.29) is 6.61 Å². The smallest absolute Gasteiger partial charge is 0.315 e. The van der Waals surface area contributed by atoms with E-state index in [4.69, 9.17) is 9.15 Å². The first kappa shape index (κ1) is 16.1. The zero-order valence-electron chi connectivity index (χ0n) is 13.7. The number of ether oxygens (including phenoxy) is 1. The third-order valence-corrected chi connectivity index (χ3v) is 3.60. The lowest BCUT2D eigenvalue weighted by Crippen LogP contribution is -2.00. The molecule has 0 atom stereocenters. The van der Waals surface area contributed by atoms with Crippen LogP contribution in [0.4, 0.5) is 6.01 Å². The molecule has 2 aromatic carbocycles. The normalized spacial score (nSPS) is 10.5. The van der Waals surface area contributed by atoms with Gasteiger partial charge in [0.05, 0.1) is 0 Å². The van der Waals surface area contributed by atoms with Crippen molar-refractivity contribution in [2.75, 3.05) is 11.9 Å². The molecule has 0 radical (unpaired) electrons. The van der Waals surface area contributed by atoms with Crippen LogP contribution in [0.3, 0.4) is 0 Å². The molecule has 24 heavy (non-hydrogen) atoms. The number of nitrogens with zero attached hydrogens (tertiary/aromatic N) is 2. The maximum absolute atomic E-state index is 5.70. The maximum Gasteiger partial charge on any atom is 0.315 e. The van der Waals surface area contributed by atoms with Crippen molar-refractivity contribution in [2.24, 2.45) is 0 Å². The van der Waals surface area contributed by atoms with E-state index in [2.05, 4.69) is 34.6 Å². The molecule has 0 amide bonds. The average Bonchev–Trinajstić information content (AvgIpc) is 3.09. The minimum absolute atomic E-state index is 0.257. The van der Waals surface area contributed by atoms with Crippen molar-refractivity contribution >= 4 is 6.01 Å². The van der Waals surface area contributed by atoms with Gasteiger partial charge in [0.25, 0.3) is 5.89 Å². The summed E-state index contributed by atoms with van der Waals surface area (Å²) in [4.78, 5) is 0. The Morgan fingerprint density at radius 2 is 1.71 bits per heavy atom. The van der Waals surface area contributed by atoms with Crippen molar-refractivity contribution < 1.29 is 9.15 Å². The number of unbranched alkanes of at least 4 members (excludes halogenated alkanes) is 1. The average molecular weight is 323 g/mol. The van der Waals surface area contributed by atoms with E-state index in [0.717, 1.165) is 30.7 Å². The van der Waals surface area contributed by atoms with Gasteiger partial charge in [-0.3, -0.25) is 0 Å². The molecule has 0 aliphatic carbocycles. The molecular formula is C19H21N3O2. The van der Waals surface area contributed by atoms with Crippen LogP contribution in [0.5, 0.6) is 5.75 Å². The number of rotatable bonds is 8. The summed E-state index contributed by atoms with van der Waals surface area (Å²) in [6.45, 7) is 3.23. The molecule has 124 valence electrons. The van der Waals surface area contributed by atoms with E-state index in [0.29, 0.717) is 11.9 Å². The lowest BCUT2D eigenvalue weighted by Gasteiger charge is -2.05. The highest BCUT2D eigenvalue weighted by Crippen LogP contribution is 2.22. The molecule has 0 bridgehead atoms. The summed E-state index contributed by atoms with van der Waals surface area (Å²) in [7, 11) is 0. The van der Waals surface area contributed by atoms with E-state index in [1.165, 1.54) is 5.56 Å². The number of nitrogens with one attached hydrogen (secondary N) is 1. The Morgan fingerprint density at radius 3 is 2.46 bits per heavy atom. The molecule has 1 N–H and O–H groups in total. The van der Waals surface area contributed by atoms with Gasteiger partial charge < -0.3 is 14.5 Å². The van der Waals surface area contributed by atoms with Crippen LogP contribution in [0.25, 0.3) is 11.1 Å². The van der Waals surface area contributed by atoms with E-state index in [1.54, 1.807) is 0 Å². The predicted molar refractivity (Wildman–Crippen MR) is 93.9 cm³/mol. The molecule has 5 heteroatoms. The van der Waals surface area contributed by atoms with Crippen LogP contribution in [0, 0.1) is 0 Å². The predicted octanol–water partition coefficient (Wildman–Crippen LogP) is 4.53. The third kappa shape index (κ3) is 4.35. The third-order valence-electron chi connectivity index (χ3n) is 3.60. The highest BCUT2D eigenvalue weighted by molar-refractivity contribution is 5.63. The Morgan fingerprint density at radius 1 is 0.958 bits per heavy atom. The highest BCUT2D eigenvalue weighted by atomic mass is 16.5. The number of aromatic nitrogens is 2. The molecule has 0 saturated heterocycles. The van der Waals surface area contributed by atoms with Crippen molar-refractivity contribution in [3.63, 3.8) is 0 Å². The molecule has 0 fully saturated rings. The van der Waals surface area contributed by atoms with E-state index < -0.39 is 0 Å². The van der Waals surface area contributed by atoms with Crippen LogP contribution in [-0.2, 0) is 6.61 Å². The Balaban J connectivity index is 1.53. The van der Waals surface area contributed by atoms with Gasteiger partial charge in [-0.25, -0.2) is 0 Å². The van der Waals surface area contributed by atoms with Crippen LogP contribution >= 0.6 is 0 Å². The van der Waals surface area contributed by atoms with Crippen molar-refractivity contribution in [3.05, 3.63) is 60.5 Å². The Labute approximate surface area is 141 Å². The van der Waals surface area contributed by atoms with Crippen molar-refractivity contribution in [1.29, 1.82) is 0 Å². The van der Waals surface area contributed by atoms with Gasteiger partial charge in [0.2, 0.25) is 0 Å². The van der Waals surface area contributed by atoms with Crippen molar-refractivity contribution in [1.82, 2.24) is 10.2 Å².